The lowest BCUT2D eigenvalue weighted by molar-refractivity contribution is 0.112. The van der Waals surface area contributed by atoms with E-state index in [1.807, 2.05) is 6.07 Å². The molecule has 5 heteroatoms. The lowest BCUT2D eigenvalue weighted by Gasteiger charge is -2.25. The van der Waals surface area contributed by atoms with Gasteiger partial charge in [-0.25, -0.2) is 4.39 Å². The van der Waals surface area contributed by atoms with Crippen LogP contribution >= 0.6 is 11.6 Å². The summed E-state index contributed by atoms with van der Waals surface area (Å²) in [4.78, 5) is 4.49. The van der Waals surface area contributed by atoms with Crippen LogP contribution < -0.4 is 0 Å². The van der Waals surface area contributed by atoms with Crippen molar-refractivity contribution in [1.82, 2.24) is 9.80 Å². The lowest BCUT2D eigenvalue weighted by atomic mass is 10.1. The van der Waals surface area contributed by atoms with Gasteiger partial charge in [-0.2, -0.15) is 0 Å². The second-order valence-electron chi connectivity index (χ2n) is 5.72. The Morgan fingerprint density at radius 1 is 1.40 bits per heavy atom. The van der Waals surface area contributed by atoms with Crippen molar-refractivity contribution < 1.29 is 9.13 Å². The predicted molar refractivity (Wildman–Crippen MR) is 79.6 cm³/mol. The molecular formula is C15H22ClFN2O. The van der Waals surface area contributed by atoms with Gasteiger partial charge in [0.1, 0.15) is 5.82 Å². The van der Waals surface area contributed by atoms with Crippen LogP contribution in [0.3, 0.4) is 0 Å². The van der Waals surface area contributed by atoms with Crippen molar-refractivity contribution in [3.63, 3.8) is 0 Å². The summed E-state index contributed by atoms with van der Waals surface area (Å²) >= 11 is 5.91. The van der Waals surface area contributed by atoms with Crippen LogP contribution in [-0.2, 0) is 11.3 Å². The van der Waals surface area contributed by atoms with E-state index in [1.54, 1.807) is 6.07 Å². The maximum absolute atomic E-state index is 13.4. The molecule has 0 unspecified atom stereocenters. The monoisotopic (exact) mass is 300 g/mol. The van der Waals surface area contributed by atoms with Crippen molar-refractivity contribution in [2.75, 3.05) is 46.9 Å². The molecule has 1 aromatic rings. The molecule has 0 spiro atoms. The average Bonchev–Trinajstić information content (AvgIpc) is 2.52. The minimum Gasteiger partial charge on any atom is -0.380 e. The molecule has 2 rings (SSSR count). The minimum absolute atomic E-state index is 0.275. The number of ether oxygens (including phenoxy) is 1. The molecule has 1 heterocycles. The van der Waals surface area contributed by atoms with Crippen molar-refractivity contribution in [2.24, 2.45) is 5.92 Å². The number of benzene rings is 1. The molecule has 1 aliphatic heterocycles. The van der Waals surface area contributed by atoms with E-state index in [1.165, 1.54) is 6.07 Å². The van der Waals surface area contributed by atoms with Gasteiger partial charge in [-0.3, -0.25) is 4.90 Å². The molecule has 3 nitrogen and oxygen atoms in total. The van der Waals surface area contributed by atoms with Crippen LogP contribution in [0.15, 0.2) is 18.2 Å². The quantitative estimate of drug-likeness (QED) is 0.850. The fourth-order valence-electron chi connectivity index (χ4n) is 2.68. The van der Waals surface area contributed by atoms with Gasteiger partial charge in [0.15, 0.2) is 0 Å². The predicted octanol–water partition coefficient (Wildman–Crippen LogP) is 2.49. The van der Waals surface area contributed by atoms with E-state index in [9.17, 15) is 4.39 Å². The van der Waals surface area contributed by atoms with Crippen LogP contribution in [0.1, 0.15) is 5.56 Å². The SMILES string of the molecule is CN(C)C[C@H]1COCCN(Cc2cc(F)cc(Cl)c2)C1. The second kappa shape index (κ2) is 7.36. The van der Waals surface area contributed by atoms with E-state index in [-0.39, 0.29) is 5.82 Å². The molecule has 1 atom stereocenters. The van der Waals surface area contributed by atoms with E-state index < -0.39 is 0 Å². The Kier molecular flexibility index (Phi) is 5.78. The van der Waals surface area contributed by atoms with Crippen molar-refractivity contribution in [3.05, 3.63) is 34.6 Å². The minimum atomic E-state index is -0.275. The number of hydrogen-bond donors (Lipinski definition) is 0. The van der Waals surface area contributed by atoms with Crippen LogP contribution in [0, 0.1) is 11.7 Å². The van der Waals surface area contributed by atoms with Gasteiger partial charge < -0.3 is 9.64 Å². The maximum atomic E-state index is 13.4. The molecule has 112 valence electrons. The molecule has 0 N–H and O–H groups in total. The number of nitrogens with zero attached hydrogens (tertiary/aromatic N) is 2. The molecule has 1 aromatic carbocycles. The van der Waals surface area contributed by atoms with E-state index >= 15 is 0 Å². The first-order chi connectivity index (χ1) is 9.52. The third-order valence-electron chi connectivity index (χ3n) is 3.37. The van der Waals surface area contributed by atoms with Gasteiger partial charge in [-0.05, 0) is 37.9 Å². The molecule has 0 aromatic heterocycles. The topological polar surface area (TPSA) is 15.7 Å². The molecule has 0 radical (unpaired) electrons. The Hall–Kier alpha value is -0.680. The normalized spacial score (nSPS) is 21.1. The fraction of sp³-hybridized carbons (Fsp3) is 0.600. The highest BCUT2D eigenvalue weighted by atomic mass is 35.5. The van der Waals surface area contributed by atoms with Crippen LogP contribution in [0.5, 0.6) is 0 Å². The van der Waals surface area contributed by atoms with Gasteiger partial charge in [0.2, 0.25) is 0 Å². The van der Waals surface area contributed by atoms with Gasteiger partial charge in [-0.15, -0.1) is 0 Å². The summed E-state index contributed by atoms with van der Waals surface area (Å²) in [5.41, 5.74) is 0.917. The van der Waals surface area contributed by atoms with Crippen molar-refractivity contribution in [3.8, 4) is 0 Å². The molecule has 0 saturated carbocycles. The van der Waals surface area contributed by atoms with Gasteiger partial charge in [0, 0.05) is 37.1 Å². The first-order valence-electron chi connectivity index (χ1n) is 6.93. The zero-order valence-electron chi connectivity index (χ0n) is 12.1. The van der Waals surface area contributed by atoms with Crippen molar-refractivity contribution >= 4 is 11.6 Å². The zero-order chi connectivity index (χ0) is 14.5. The molecular weight excluding hydrogens is 279 g/mol. The summed E-state index contributed by atoms with van der Waals surface area (Å²) in [5, 5.41) is 0.455. The van der Waals surface area contributed by atoms with E-state index in [0.717, 1.165) is 38.4 Å². The zero-order valence-corrected chi connectivity index (χ0v) is 12.9. The number of hydrogen-bond acceptors (Lipinski definition) is 3. The highest BCUT2D eigenvalue weighted by Gasteiger charge is 2.19. The third kappa shape index (κ3) is 5.02. The third-order valence-corrected chi connectivity index (χ3v) is 3.59. The van der Waals surface area contributed by atoms with Gasteiger partial charge in [0.25, 0.3) is 0 Å². The van der Waals surface area contributed by atoms with E-state index in [4.69, 9.17) is 16.3 Å². The highest BCUT2D eigenvalue weighted by Crippen LogP contribution is 2.17. The van der Waals surface area contributed by atoms with Crippen molar-refractivity contribution in [2.45, 2.75) is 6.54 Å². The molecule has 1 fully saturated rings. The standard InChI is InChI=1S/C15H22ClFN2O/c1-18(2)8-13-10-19(3-4-20-11-13)9-12-5-14(16)7-15(17)6-12/h5-7,13H,3-4,8-11H2,1-2H3/t13-/m1/s1. The lowest BCUT2D eigenvalue weighted by Crippen LogP contribution is -2.34. The fourth-order valence-corrected chi connectivity index (χ4v) is 2.93. The Morgan fingerprint density at radius 3 is 2.90 bits per heavy atom. The number of halogens is 2. The molecule has 0 amide bonds. The average molecular weight is 301 g/mol. The smallest absolute Gasteiger partial charge is 0.125 e. The first kappa shape index (κ1) is 15.7. The molecule has 0 bridgehead atoms. The van der Waals surface area contributed by atoms with Crippen LogP contribution in [0.4, 0.5) is 4.39 Å². The van der Waals surface area contributed by atoms with E-state index in [2.05, 4.69) is 23.9 Å². The van der Waals surface area contributed by atoms with Crippen LogP contribution in [-0.4, -0.2) is 56.7 Å². The Labute approximate surface area is 125 Å². The summed E-state index contributed by atoms with van der Waals surface area (Å²) in [6.07, 6.45) is 0. The summed E-state index contributed by atoms with van der Waals surface area (Å²) in [7, 11) is 4.14. The van der Waals surface area contributed by atoms with Gasteiger partial charge >= 0.3 is 0 Å². The summed E-state index contributed by atoms with van der Waals surface area (Å²) < 4.78 is 19.0. The van der Waals surface area contributed by atoms with Gasteiger partial charge in [-0.1, -0.05) is 11.6 Å². The summed E-state index contributed by atoms with van der Waals surface area (Å²) in [6.45, 7) is 5.07. The van der Waals surface area contributed by atoms with Crippen LogP contribution in [0.25, 0.3) is 0 Å². The van der Waals surface area contributed by atoms with Crippen LogP contribution in [0.2, 0.25) is 5.02 Å². The Balaban J connectivity index is 1.99. The largest absolute Gasteiger partial charge is 0.380 e. The second-order valence-corrected chi connectivity index (χ2v) is 6.15. The maximum Gasteiger partial charge on any atom is 0.125 e. The first-order valence-corrected chi connectivity index (χ1v) is 7.30. The van der Waals surface area contributed by atoms with E-state index in [0.29, 0.717) is 17.5 Å². The highest BCUT2D eigenvalue weighted by molar-refractivity contribution is 6.30. The summed E-state index contributed by atoms with van der Waals surface area (Å²) in [6, 6.07) is 4.72. The van der Waals surface area contributed by atoms with Crippen molar-refractivity contribution in [1.29, 1.82) is 0 Å². The Morgan fingerprint density at radius 2 is 2.20 bits per heavy atom. The van der Waals surface area contributed by atoms with Gasteiger partial charge in [0.05, 0.1) is 13.2 Å². The molecule has 0 aliphatic carbocycles. The Bertz CT molecular complexity index is 422. The summed E-state index contributed by atoms with van der Waals surface area (Å²) in [5.74, 6) is 0.208. The molecule has 1 saturated heterocycles. The molecule has 1 aliphatic rings. The molecule has 20 heavy (non-hydrogen) atoms. The number of rotatable bonds is 4.